The fourth-order valence-electron chi connectivity index (χ4n) is 12.3. The summed E-state index contributed by atoms with van der Waals surface area (Å²) in [6, 6.07) is 9.50. The molecule has 13 amide bonds. The summed E-state index contributed by atoms with van der Waals surface area (Å²) in [4.78, 5) is 190. The summed E-state index contributed by atoms with van der Waals surface area (Å²) in [7, 11) is 2.66. The largest absolute Gasteiger partial charge is 0.497 e. The number of likely N-dealkylation sites (N-methyl/N-ethyl adjacent to an activating group) is 1. The van der Waals surface area contributed by atoms with Crippen molar-refractivity contribution in [2.45, 2.75) is 165 Å². The van der Waals surface area contributed by atoms with Gasteiger partial charge in [-0.25, -0.2) is 4.39 Å². The third kappa shape index (κ3) is 20.1. The van der Waals surface area contributed by atoms with E-state index < -0.39 is 168 Å². The van der Waals surface area contributed by atoms with Gasteiger partial charge in [0, 0.05) is 76.3 Å². The average Bonchev–Trinajstić information content (AvgIpc) is 1.70. The highest BCUT2D eigenvalue weighted by Gasteiger charge is 2.49. The summed E-state index contributed by atoms with van der Waals surface area (Å²) < 4.78 is 26.2. The molecule has 0 aliphatic carbocycles. The number of amides is 13. The second kappa shape index (κ2) is 34.2. The number of primary amides is 1. The lowest BCUT2D eigenvalue weighted by molar-refractivity contribution is -0.147. The summed E-state index contributed by atoms with van der Waals surface area (Å²) in [6.07, 6.45) is -2.22. The maximum Gasteiger partial charge on any atom is 0.246 e. The predicted octanol–water partition coefficient (Wildman–Crippen LogP) is -1.09. The number of carbonyl (C=O) groups excluding carboxylic acids is 13. The van der Waals surface area contributed by atoms with E-state index in [0.29, 0.717) is 56.6 Å². The molecule has 540 valence electrons. The van der Waals surface area contributed by atoms with Gasteiger partial charge in [-0.1, -0.05) is 48.5 Å². The number of aromatic amines is 1. The molecule has 0 radical (unpaired) electrons. The second-order valence-electron chi connectivity index (χ2n) is 25.7. The van der Waals surface area contributed by atoms with Gasteiger partial charge in [0.25, 0.3) is 0 Å². The van der Waals surface area contributed by atoms with Crippen LogP contribution in [0, 0.1) is 5.82 Å². The number of aliphatic hydroxyl groups is 1. The highest BCUT2D eigenvalue weighted by atomic mass is 19.1. The topological polar surface area (TPSA) is 429 Å². The lowest BCUT2D eigenvalue weighted by Gasteiger charge is -2.37. The average molecular weight is 1400 g/mol. The Labute approximate surface area is 581 Å². The van der Waals surface area contributed by atoms with Gasteiger partial charge in [0.15, 0.2) is 0 Å². The Balaban J connectivity index is 1.16. The van der Waals surface area contributed by atoms with Crippen molar-refractivity contribution >= 4 is 87.7 Å². The fraction of sp³-hybridized carbons (Fsp3) is 0.443. The molecule has 1 fully saturated rings. The summed E-state index contributed by atoms with van der Waals surface area (Å²) in [5.74, 6) is -11.1. The highest BCUT2D eigenvalue weighted by molar-refractivity contribution is 6.01. The Kier molecular flexibility index (Phi) is 25.7. The van der Waals surface area contributed by atoms with Crippen molar-refractivity contribution in [3.05, 3.63) is 131 Å². The highest BCUT2D eigenvalue weighted by Crippen LogP contribution is 2.32. The van der Waals surface area contributed by atoms with Crippen LogP contribution in [-0.4, -0.2) is 197 Å². The maximum atomic E-state index is 15.4. The Bertz CT molecular complexity index is 3930. The van der Waals surface area contributed by atoms with Gasteiger partial charge in [-0.2, -0.15) is 0 Å². The lowest BCUT2D eigenvalue weighted by Crippen LogP contribution is -2.64. The van der Waals surface area contributed by atoms with Crippen LogP contribution in [0.2, 0.25) is 0 Å². The number of benzene rings is 4. The number of hydrogen-bond acceptors (Lipinski definition) is 16. The summed E-state index contributed by atoms with van der Waals surface area (Å²) in [6.45, 7) is 6.17. The van der Waals surface area contributed by atoms with Crippen LogP contribution in [0.25, 0.3) is 10.9 Å². The molecule has 6 bridgehead atoms. The van der Waals surface area contributed by atoms with Gasteiger partial charge in [0.1, 0.15) is 83.8 Å². The first-order valence-corrected chi connectivity index (χ1v) is 33.2. The molecule has 11 unspecified atom stereocenters. The number of aromatic nitrogens is 1. The first-order chi connectivity index (χ1) is 48.0. The molecule has 1 aromatic heterocycles. The number of nitrogens with one attached hydrogen (secondary N) is 11. The van der Waals surface area contributed by atoms with Crippen molar-refractivity contribution in [3.63, 3.8) is 0 Å². The molecule has 4 aromatic carbocycles. The molecule has 4 aliphatic rings. The van der Waals surface area contributed by atoms with Crippen LogP contribution >= 0.6 is 0 Å². The Hall–Kier alpha value is -11.0. The molecular weight excluding hydrogens is 1310 g/mol. The molecule has 5 heterocycles. The van der Waals surface area contributed by atoms with Crippen LogP contribution in [-0.2, 0) is 94.6 Å². The van der Waals surface area contributed by atoms with Crippen molar-refractivity contribution in [2.24, 2.45) is 5.73 Å². The minimum atomic E-state index is -1.89. The molecule has 9 rings (SSSR count). The standard InChI is InChI=1S/C70H87FN14O16/c1-37-61(91)76-38(2)62(92)79-52-31-43-10-8-11-44(28-43)35-75-57(88)23-22-56(84(6)67(97)55(80-64(52)94)32-45-36-74-50-21-16-46(71)33-49(45)50)65(95)83-59(39(3)86)66(96)81-54(30-42-12-17-47(100-7)18-13-42)68(98)85-26-9-24-70(85,5)69(99)82-51(60(72)90)29-41-14-19-48(20-15-41)101-27-25-73-58(89)34-53(63(93)77-37)78-40(4)87/h8,10-21,28,33,36-39,51-56,59,74,86H,9,22-27,29-32,34-35H2,1-7H3,(H2,72,90)(H,73,89)(H,75,88)(H,76,91)(H,77,93)(H,78,87)(H,79,92)(H,80,94)(H,81,96)(H,82,99)(H,83,95). The molecule has 0 saturated carbocycles. The Morgan fingerprint density at radius 1 is 0.733 bits per heavy atom. The second-order valence-corrected chi connectivity index (χ2v) is 25.7. The summed E-state index contributed by atoms with van der Waals surface area (Å²) >= 11 is 0. The van der Waals surface area contributed by atoms with Crippen molar-refractivity contribution in [1.82, 2.24) is 68.0 Å². The Morgan fingerprint density at radius 3 is 2.09 bits per heavy atom. The van der Waals surface area contributed by atoms with E-state index in [1.165, 1.54) is 71.1 Å². The number of aliphatic hydroxyl groups excluding tert-OH is 1. The minimum absolute atomic E-state index is 0.00353. The van der Waals surface area contributed by atoms with E-state index in [2.05, 4.69) is 58.2 Å². The van der Waals surface area contributed by atoms with E-state index in [1.54, 1.807) is 72.8 Å². The molecule has 0 spiro atoms. The van der Waals surface area contributed by atoms with E-state index in [9.17, 15) is 52.6 Å². The maximum absolute atomic E-state index is 15.4. The van der Waals surface area contributed by atoms with E-state index >= 15 is 19.2 Å². The first-order valence-electron chi connectivity index (χ1n) is 33.2. The fourth-order valence-corrected chi connectivity index (χ4v) is 12.3. The molecule has 4 aliphatic heterocycles. The van der Waals surface area contributed by atoms with Crippen LogP contribution in [0.4, 0.5) is 4.39 Å². The van der Waals surface area contributed by atoms with Crippen LogP contribution in [0.1, 0.15) is 94.5 Å². The van der Waals surface area contributed by atoms with Gasteiger partial charge in [-0.05, 0) is 117 Å². The quantitative estimate of drug-likeness (QED) is 0.0821. The number of methoxy groups -OCH3 is 1. The van der Waals surface area contributed by atoms with E-state index in [4.69, 9.17) is 15.2 Å². The van der Waals surface area contributed by atoms with E-state index in [1.807, 2.05) is 0 Å². The number of halogens is 1. The third-order valence-corrected chi connectivity index (χ3v) is 18.0. The van der Waals surface area contributed by atoms with Crippen LogP contribution in [0.3, 0.4) is 0 Å². The number of H-pyrrole nitrogens is 1. The number of carbonyl (C=O) groups is 13. The van der Waals surface area contributed by atoms with Crippen molar-refractivity contribution < 1.29 is 81.3 Å². The zero-order valence-corrected chi connectivity index (χ0v) is 57.1. The first kappa shape index (κ1) is 75.8. The van der Waals surface area contributed by atoms with E-state index in [-0.39, 0.29) is 58.3 Å². The number of rotatable bonds is 8. The molecule has 101 heavy (non-hydrogen) atoms. The van der Waals surface area contributed by atoms with Gasteiger partial charge in [0.05, 0.1) is 26.2 Å². The minimum Gasteiger partial charge on any atom is -0.497 e. The smallest absolute Gasteiger partial charge is 0.246 e. The van der Waals surface area contributed by atoms with Crippen molar-refractivity contribution in [1.29, 1.82) is 0 Å². The zero-order valence-electron chi connectivity index (χ0n) is 57.1. The molecule has 11 atom stereocenters. The number of ether oxygens (including phenoxy) is 2. The molecule has 31 heteroatoms. The van der Waals surface area contributed by atoms with Crippen molar-refractivity contribution in [2.75, 3.05) is 33.9 Å². The molecule has 14 N–H and O–H groups in total. The van der Waals surface area contributed by atoms with Gasteiger partial charge in [-0.3, -0.25) is 62.3 Å². The van der Waals surface area contributed by atoms with Gasteiger partial charge >= 0.3 is 0 Å². The van der Waals surface area contributed by atoms with Gasteiger partial charge in [0.2, 0.25) is 76.8 Å². The molecular formula is C70H87FN14O16. The number of nitrogens with two attached hydrogens (primary N) is 1. The van der Waals surface area contributed by atoms with Crippen molar-refractivity contribution in [3.8, 4) is 11.5 Å². The molecule has 30 nitrogen and oxygen atoms in total. The predicted molar refractivity (Wildman–Crippen MR) is 362 cm³/mol. The lowest BCUT2D eigenvalue weighted by atomic mass is 9.94. The summed E-state index contributed by atoms with van der Waals surface area (Å²) in [5.41, 5.74) is 7.04. The summed E-state index contributed by atoms with van der Waals surface area (Å²) in [5, 5.41) is 37.9. The van der Waals surface area contributed by atoms with Crippen LogP contribution in [0.15, 0.2) is 97.2 Å². The monoisotopic (exact) mass is 1400 g/mol. The number of hydrogen-bond donors (Lipinski definition) is 13. The SMILES string of the molecule is COc1ccc(CC2NC(=O)C(C(C)O)NC(=O)C3CCC(=O)NCc4cccc(c4)CC(NC(=O)C(C)NC(=O)C(C)NC(=O)C(NC(C)=O)CC(=O)NCCOc4ccc(cc4)CC(C(N)=O)NC(=O)C4(C)CCCN4C2=O)C(=O)NC(Cc2c[nH]c4ccc(F)cc24)C(=O)N3C)cc1. The third-order valence-electron chi connectivity index (χ3n) is 18.0. The van der Waals surface area contributed by atoms with Crippen LogP contribution < -0.4 is 68.4 Å². The normalized spacial score (nSPS) is 25.3. The van der Waals surface area contributed by atoms with Gasteiger partial charge < -0.3 is 88.3 Å². The molecule has 1 saturated heterocycles. The number of fused-ring (bicyclic) bond motifs is 28. The van der Waals surface area contributed by atoms with E-state index in [0.717, 1.165) is 11.8 Å². The molecule has 5 aromatic rings. The van der Waals surface area contributed by atoms with Crippen LogP contribution in [0.5, 0.6) is 11.5 Å². The zero-order chi connectivity index (χ0) is 73.4. The Morgan fingerprint density at radius 2 is 1.41 bits per heavy atom. The number of nitrogens with zero attached hydrogens (tertiary/aromatic N) is 2. The van der Waals surface area contributed by atoms with Gasteiger partial charge in [-0.15, -0.1) is 0 Å².